The summed E-state index contributed by atoms with van der Waals surface area (Å²) in [6.45, 7) is 0. The van der Waals surface area contributed by atoms with Crippen LogP contribution >= 0.6 is 0 Å². The van der Waals surface area contributed by atoms with Gasteiger partial charge in [-0.2, -0.15) is 0 Å². The van der Waals surface area contributed by atoms with Crippen LogP contribution in [-0.2, 0) is 70.9 Å². The molecule has 1 radical (unpaired) electrons. The fraction of sp³-hybridized carbons (Fsp3) is 0. The van der Waals surface area contributed by atoms with Gasteiger partial charge in [-0.05, 0) is 0 Å². The second kappa shape index (κ2) is 39.7. The standard InChI is InChI=1S/2Cr.Cu.Ni.O. The molecule has 0 heterocycles. The van der Waals surface area contributed by atoms with E-state index in [4.69, 9.17) is 3.80 Å². The van der Waals surface area contributed by atoms with E-state index in [0.717, 1.165) is 0 Å². The minimum atomic E-state index is 0. The Morgan fingerprint density at radius 3 is 1.20 bits per heavy atom. The monoisotopic (exact) mass is 241 g/mol. The molecule has 0 unspecified atom stereocenters. The molecule has 0 aromatic carbocycles. The molecule has 0 N–H and O–H groups in total. The Morgan fingerprint density at radius 1 is 1.20 bits per heavy atom. The van der Waals surface area contributed by atoms with Crippen molar-refractivity contribution in [1.29, 1.82) is 0 Å². The van der Waals surface area contributed by atoms with Crippen molar-refractivity contribution in [2.24, 2.45) is 0 Å². The Kier molecular flexibility index (Phi) is 228. The summed E-state index contributed by atoms with van der Waals surface area (Å²) in [5.41, 5.74) is 0. The molecule has 0 bridgehead atoms. The summed E-state index contributed by atoms with van der Waals surface area (Å²) >= 11 is 1.38. The zero-order chi connectivity index (χ0) is 2.00. The van der Waals surface area contributed by atoms with Gasteiger partial charge in [-0.15, -0.1) is 0 Å². The fourth-order valence-corrected chi connectivity index (χ4v) is 0. The Bertz CT molecular complexity index is 9.61. The molecule has 1 nitrogen and oxygen atoms in total. The van der Waals surface area contributed by atoms with Crippen LogP contribution in [0.1, 0.15) is 0 Å². The Hall–Kier alpha value is 1.88. The molecule has 0 aromatic rings. The summed E-state index contributed by atoms with van der Waals surface area (Å²) in [6, 6.07) is 0. The molecule has 0 saturated heterocycles. The normalized spacial score (nSPS) is 0.800. The fourth-order valence-electron chi connectivity index (χ4n) is 0. The van der Waals surface area contributed by atoms with E-state index >= 15 is 0 Å². The van der Waals surface area contributed by atoms with Gasteiger partial charge in [-0.1, -0.05) is 0 Å². The van der Waals surface area contributed by atoms with Crippen molar-refractivity contribution in [3.63, 3.8) is 0 Å². The first-order valence-corrected chi connectivity index (χ1v) is 0.687. The van der Waals surface area contributed by atoms with Crippen molar-refractivity contribution in [2.75, 3.05) is 0 Å². The SMILES string of the molecule is [Cr].[Cu].[Ni].[O]=[Cr]. The van der Waals surface area contributed by atoms with Crippen LogP contribution in [0.4, 0.5) is 0 Å². The van der Waals surface area contributed by atoms with Gasteiger partial charge in [0.25, 0.3) is 0 Å². The molecular formula is Cr2CuNiO. The summed E-state index contributed by atoms with van der Waals surface area (Å²) < 4.78 is 8.12. The molecule has 5 heavy (non-hydrogen) atoms. The summed E-state index contributed by atoms with van der Waals surface area (Å²) in [6.07, 6.45) is 0. The van der Waals surface area contributed by atoms with E-state index in [9.17, 15) is 0 Å². The van der Waals surface area contributed by atoms with Crippen molar-refractivity contribution in [2.45, 2.75) is 0 Å². The van der Waals surface area contributed by atoms with Gasteiger partial charge in [0.2, 0.25) is 0 Å². The summed E-state index contributed by atoms with van der Waals surface area (Å²) in [5, 5.41) is 0. The first-order chi connectivity index (χ1) is 1.00. The van der Waals surface area contributed by atoms with Crippen LogP contribution in [0, 0.1) is 0 Å². The Morgan fingerprint density at radius 2 is 1.20 bits per heavy atom. The topological polar surface area (TPSA) is 17.1 Å². The molecule has 0 aliphatic heterocycles. The van der Waals surface area contributed by atoms with Crippen LogP contribution in [0.2, 0.25) is 0 Å². The predicted octanol–water partition coefficient (Wildman–Crippen LogP) is -0.129. The van der Waals surface area contributed by atoms with Crippen LogP contribution in [0.5, 0.6) is 0 Å². The third-order valence-corrected chi connectivity index (χ3v) is 0. The molecular weight excluding hydrogens is 242 g/mol. The Labute approximate surface area is 70.4 Å². The number of hydrogen-bond donors (Lipinski definition) is 0. The van der Waals surface area contributed by atoms with Crippen molar-refractivity contribution in [3.8, 4) is 0 Å². The second-order valence-corrected chi connectivity index (χ2v) is 0. The van der Waals surface area contributed by atoms with E-state index in [1.807, 2.05) is 0 Å². The molecule has 5 heteroatoms. The number of rotatable bonds is 0. The molecule has 0 spiro atoms. The maximum atomic E-state index is 8.12. The van der Waals surface area contributed by atoms with Gasteiger partial charge in [0.1, 0.15) is 0 Å². The molecule has 0 saturated carbocycles. The van der Waals surface area contributed by atoms with Crippen LogP contribution < -0.4 is 0 Å². The second-order valence-electron chi connectivity index (χ2n) is 0. The van der Waals surface area contributed by atoms with E-state index < -0.39 is 0 Å². The average molecular weight is 242 g/mol. The van der Waals surface area contributed by atoms with Crippen molar-refractivity contribution < 1.29 is 70.9 Å². The zero-order valence-electron chi connectivity index (χ0n) is 1.84. The van der Waals surface area contributed by atoms with Crippen LogP contribution in [0.3, 0.4) is 0 Å². The summed E-state index contributed by atoms with van der Waals surface area (Å²) in [4.78, 5) is 0. The number of hydrogen-bond acceptors (Lipinski definition) is 1. The zero-order valence-corrected chi connectivity index (χ0v) is 6.32. The van der Waals surface area contributed by atoms with Crippen LogP contribution in [-0.4, -0.2) is 0 Å². The van der Waals surface area contributed by atoms with Crippen molar-refractivity contribution in [3.05, 3.63) is 0 Å². The van der Waals surface area contributed by atoms with E-state index in [1.165, 1.54) is 16.2 Å². The van der Waals surface area contributed by atoms with Gasteiger partial charge in [0.05, 0.1) is 0 Å². The van der Waals surface area contributed by atoms with E-state index in [-0.39, 0.29) is 50.9 Å². The predicted molar refractivity (Wildman–Crippen MR) is 0.686 cm³/mol. The molecule has 0 rings (SSSR count). The molecule has 0 atom stereocenters. The van der Waals surface area contributed by atoms with Gasteiger partial charge in [-0.25, -0.2) is 0 Å². The van der Waals surface area contributed by atoms with Crippen LogP contribution in [0.25, 0.3) is 0 Å². The Balaban J connectivity index is -0.00000000167. The maximum absolute atomic E-state index is 8.12. The van der Waals surface area contributed by atoms with Gasteiger partial charge in [0.15, 0.2) is 0 Å². The molecule has 0 amide bonds. The van der Waals surface area contributed by atoms with Gasteiger partial charge in [0, 0.05) is 50.9 Å². The van der Waals surface area contributed by atoms with Crippen molar-refractivity contribution in [1.82, 2.24) is 0 Å². The van der Waals surface area contributed by atoms with Crippen molar-refractivity contribution >= 4 is 0 Å². The first-order valence-electron chi connectivity index (χ1n) is 0.167. The third-order valence-electron chi connectivity index (χ3n) is 0. The summed E-state index contributed by atoms with van der Waals surface area (Å²) in [5.74, 6) is 0. The van der Waals surface area contributed by atoms with E-state index in [1.54, 1.807) is 0 Å². The minimum absolute atomic E-state index is 0. The third kappa shape index (κ3) is 25.1. The first kappa shape index (κ1) is 28.7. The molecule has 0 fully saturated rings. The molecule has 0 aromatic heterocycles. The van der Waals surface area contributed by atoms with Gasteiger partial charge < -0.3 is 0 Å². The summed E-state index contributed by atoms with van der Waals surface area (Å²) in [7, 11) is 0. The van der Waals surface area contributed by atoms with E-state index in [2.05, 4.69) is 0 Å². The van der Waals surface area contributed by atoms with Gasteiger partial charge >= 0.3 is 20.0 Å². The van der Waals surface area contributed by atoms with Crippen LogP contribution in [0.15, 0.2) is 0 Å². The van der Waals surface area contributed by atoms with Gasteiger partial charge in [-0.3, -0.25) is 0 Å². The van der Waals surface area contributed by atoms with E-state index in [0.29, 0.717) is 0 Å². The average Bonchev–Trinajstić information content (AvgIpc) is 1.00. The molecule has 0 aliphatic carbocycles. The molecule has 0 aliphatic rings. The molecule has 39 valence electrons. The quantitative estimate of drug-likeness (QED) is 0.541.